The van der Waals surface area contributed by atoms with Gasteiger partial charge in [-0.05, 0) is 36.8 Å². The predicted octanol–water partition coefficient (Wildman–Crippen LogP) is 3.18. The fourth-order valence-electron chi connectivity index (χ4n) is 2.86. The van der Waals surface area contributed by atoms with Crippen LogP contribution in [0.5, 0.6) is 5.88 Å². The smallest absolute Gasteiger partial charge is 0.232 e. The van der Waals surface area contributed by atoms with Crippen molar-refractivity contribution in [1.82, 2.24) is 9.97 Å². The van der Waals surface area contributed by atoms with E-state index in [0.717, 1.165) is 0 Å². The number of ketones is 1. The molecule has 0 fully saturated rings. The van der Waals surface area contributed by atoms with Gasteiger partial charge >= 0.3 is 0 Å². The van der Waals surface area contributed by atoms with Gasteiger partial charge in [0.05, 0.1) is 40.8 Å². The molecular weight excluding hydrogens is 425 g/mol. The number of fused-ring (bicyclic) bond motifs is 1. The van der Waals surface area contributed by atoms with Crippen LogP contribution in [0.25, 0.3) is 11.0 Å². The van der Waals surface area contributed by atoms with E-state index in [0.29, 0.717) is 30.7 Å². The summed E-state index contributed by atoms with van der Waals surface area (Å²) < 4.78 is 51.4. The Labute approximate surface area is 179 Å². The van der Waals surface area contributed by atoms with E-state index in [-0.39, 0.29) is 28.4 Å². The van der Waals surface area contributed by atoms with E-state index in [1.54, 1.807) is 20.1 Å². The van der Waals surface area contributed by atoms with Gasteiger partial charge in [-0.15, -0.1) is 0 Å². The van der Waals surface area contributed by atoms with Gasteiger partial charge in [0, 0.05) is 12.7 Å². The highest BCUT2D eigenvalue weighted by atomic mass is 32.2. The van der Waals surface area contributed by atoms with Crippen molar-refractivity contribution in [2.45, 2.75) is 13.3 Å². The van der Waals surface area contributed by atoms with Crippen molar-refractivity contribution in [3.63, 3.8) is 0 Å². The average Bonchev–Trinajstić information content (AvgIpc) is 2.74. The first-order chi connectivity index (χ1) is 14.8. The summed E-state index contributed by atoms with van der Waals surface area (Å²) in [5.41, 5.74) is 0.603. The highest BCUT2D eigenvalue weighted by Crippen LogP contribution is 2.24. The fraction of sp³-hybridized carbons (Fsp3) is 0.286. The van der Waals surface area contributed by atoms with E-state index in [9.17, 15) is 17.6 Å². The quantitative estimate of drug-likeness (QED) is 0.376. The number of hydrogen-bond acceptors (Lipinski definition) is 7. The zero-order valence-electron chi connectivity index (χ0n) is 17.1. The molecule has 0 aliphatic rings. The summed E-state index contributed by atoms with van der Waals surface area (Å²) in [5, 5.41) is 0. The van der Waals surface area contributed by atoms with Crippen LogP contribution in [0.1, 0.15) is 29.3 Å². The van der Waals surface area contributed by atoms with Crippen molar-refractivity contribution in [3.8, 4) is 5.88 Å². The molecule has 10 heteroatoms. The zero-order chi connectivity index (χ0) is 22.4. The molecule has 164 valence electrons. The first-order valence-corrected chi connectivity index (χ1v) is 11.2. The number of nitrogens with zero attached hydrogens (tertiary/aromatic N) is 2. The summed E-state index contributed by atoms with van der Waals surface area (Å²) in [4.78, 5) is 21.5. The monoisotopic (exact) mass is 447 g/mol. The van der Waals surface area contributed by atoms with Gasteiger partial charge in [-0.3, -0.25) is 9.52 Å². The van der Waals surface area contributed by atoms with Crippen molar-refractivity contribution in [1.29, 1.82) is 0 Å². The number of anilines is 1. The molecule has 0 saturated heterocycles. The summed E-state index contributed by atoms with van der Waals surface area (Å²) in [6, 6.07) is 8.59. The van der Waals surface area contributed by atoms with Crippen LogP contribution in [-0.2, 0) is 14.8 Å². The van der Waals surface area contributed by atoms with Crippen LogP contribution >= 0.6 is 0 Å². The standard InChI is InChI=1S/C21H22FN3O5S/c1-3-11-31(27,28)25-17-6-4-5-15(20(17)22)21(26)14-7-8-16-18(12-14)24-19(13-23-16)30-10-9-29-2/h4-8,12-13,25H,3,9-11H2,1-2H3. The van der Waals surface area contributed by atoms with Crippen LogP contribution in [0.15, 0.2) is 42.6 Å². The maximum atomic E-state index is 14.9. The third-order valence-corrected chi connectivity index (χ3v) is 5.78. The number of carbonyl (C=O) groups excluding carboxylic acids is 1. The van der Waals surface area contributed by atoms with E-state index in [2.05, 4.69) is 14.7 Å². The molecule has 3 rings (SSSR count). The van der Waals surface area contributed by atoms with Gasteiger partial charge in [-0.2, -0.15) is 0 Å². The zero-order valence-corrected chi connectivity index (χ0v) is 17.9. The summed E-state index contributed by atoms with van der Waals surface area (Å²) in [7, 11) is -2.15. The first-order valence-electron chi connectivity index (χ1n) is 9.57. The normalized spacial score (nSPS) is 11.5. The number of halogens is 1. The number of ether oxygens (including phenoxy) is 2. The van der Waals surface area contributed by atoms with Crippen LogP contribution in [0.4, 0.5) is 10.1 Å². The lowest BCUT2D eigenvalue weighted by Gasteiger charge is -2.11. The molecule has 0 aliphatic carbocycles. The van der Waals surface area contributed by atoms with E-state index in [1.165, 1.54) is 36.5 Å². The minimum Gasteiger partial charge on any atom is -0.474 e. The van der Waals surface area contributed by atoms with Crippen LogP contribution in [-0.4, -0.2) is 50.2 Å². The topological polar surface area (TPSA) is 107 Å². The molecule has 0 saturated carbocycles. The molecule has 8 nitrogen and oxygen atoms in total. The van der Waals surface area contributed by atoms with Crippen molar-refractivity contribution < 1.29 is 27.1 Å². The van der Waals surface area contributed by atoms with Crippen molar-refractivity contribution in [2.75, 3.05) is 30.8 Å². The number of rotatable bonds is 10. The Kier molecular flexibility index (Phi) is 7.13. The fourth-order valence-corrected chi connectivity index (χ4v) is 4.00. The number of methoxy groups -OCH3 is 1. The minimum absolute atomic E-state index is 0.150. The molecule has 0 unspecified atom stereocenters. The number of aromatic nitrogens is 2. The molecule has 0 radical (unpaired) electrons. The molecule has 31 heavy (non-hydrogen) atoms. The van der Waals surface area contributed by atoms with E-state index in [1.807, 2.05) is 0 Å². The van der Waals surface area contributed by atoms with Gasteiger partial charge < -0.3 is 9.47 Å². The highest BCUT2D eigenvalue weighted by Gasteiger charge is 2.20. The van der Waals surface area contributed by atoms with Gasteiger partial charge in [0.1, 0.15) is 6.61 Å². The molecular formula is C21H22FN3O5S. The first kappa shape index (κ1) is 22.6. The molecule has 1 heterocycles. The summed E-state index contributed by atoms with van der Waals surface area (Å²) in [6.45, 7) is 2.38. The lowest BCUT2D eigenvalue weighted by Crippen LogP contribution is -2.18. The predicted molar refractivity (Wildman–Crippen MR) is 114 cm³/mol. The molecule has 1 aromatic heterocycles. The van der Waals surface area contributed by atoms with Gasteiger partial charge in [-0.1, -0.05) is 13.0 Å². The van der Waals surface area contributed by atoms with Crippen molar-refractivity contribution in [3.05, 3.63) is 59.5 Å². The number of sulfonamides is 1. The summed E-state index contributed by atoms with van der Waals surface area (Å²) >= 11 is 0. The second kappa shape index (κ2) is 9.80. The Morgan fingerprint density at radius 1 is 1.16 bits per heavy atom. The number of carbonyl (C=O) groups is 1. The largest absolute Gasteiger partial charge is 0.474 e. The maximum Gasteiger partial charge on any atom is 0.232 e. The van der Waals surface area contributed by atoms with E-state index >= 15 is 0 Å². The summed E-state index contributed by atoms with van der Waals surface area (Å²) in [5.74, 6) is -1.42. The second-order valence-electron chi connectivity index (χ2n) is 6.67. The van der Waals surface area contributed by atoms with E-state index in [4.69, 9.17) is 9.47 Å². The molecule has 3 aromatic rings. The number of nitrogens with one attached hydrogen (secondary N) is 1. The van der Waals surface area contributed by atoms with Crippen LogP contribution in [0.2, 0.25) is 0 Å². The van der Waals surface area contributed by atoms with Gasteiger partial charge in [0.2, 0.25) is 15.9 Å². The molecule has 1 N–H and O–H groups in total. The van der Waals surface area contributed by atoms with Gasteiger partial charge in [-0.25, -0.2) is 22.8 Å². The average molecular weight is 447 g/mol. The van der Waals surface area contributed by atoms with Gasteiger partial charge in [0.25, 0.3) is 0 Å². The summed E-state index contributed by atoms with van der Waals surface area (Å²) in [6.07, 6.45) is 1.84. The highest BCUT2D eigenvalue weighted by molar-refractivity contribution is 7.92. The van der Waals surface area contributed by atoms with Crippen molar-refractivity contribution >= 4 is 32.5 Å². The minimum atomic E-state index is -3.70. The van der Waals surface area contributed by atoms with Crippen LogP contribution < -0.4 is 9.46 Å². The molecule has 0 bridgehead atoms. The Balaban J connectivity index is 1.90. The maximum absolute atomic E-state index is 14.9. The Morgan fingerprint density at radius 3 is 2.71 bits per heavy atom. The lowest BCUT2D eigenvalue weighted by atomic mass is 10.0. The molecule has 2 aromatic carbocycles. The Hall–Kier alpha value is -3.11. The lowest BCUT2D eigenvalue weighted by molar-refractivity contribution is 0.103. The second-order valence-corrected chi connectivity index (χ2v) is 8.51. The third kappa shape index (κ3) is 5.53. The molecule has 0 amide bonds. The Bertz CT molecular complexity index is 1200. The number of benzene rings is 2. The number of hydrogen-bond donors (Lipinski definition) is 1. The molecule has 0 aliphatic heterocycles. The van der Waals surface area contributed by atoms with Crippen molar-refractivity contribution in [2.24, 2.45) is 0 Å². The molecule has 0 spiro atoms. The Morgan fingerprint density at radius 2 is 1.97 bits per heavy atom. The molecule has 0 atom stereocenters. The van der Waals surface area contributed by atoms with Gasteiger partial charge in [0.15, 0.2) is 11.6 Å². The van der Waals surface area contributed by atoms with E-state index < -0.39 is 21.6 Å². The van der Waals surface area contributed by atoms with Crippen LogP contribution in [0.3, 0.4) is 0 Å². The van der Waals surface area contributed by atoms with Crippen LogP contribution in [0, 0.1) is 5.82 Å². The third-order valence-electron chi connectivity index (χ3n) is 4.30. The SMILES string of the molecule is CCCS(=O)(=O)Nc1cccc(C(=O)c2ccc3ncc(OCCOC)nc3c2)c1F.